The fourth-order valence-electron chi connectivity index (χ4n) is 1.42. The Morgan fingerprint density at radius 3 is 2.83 bits per heavy atom. The second-order valence-corrected chi connectivity index (χ2v) is 4.84. The van der Waals surface area contributed by atoms with E-state index in [0.29, 0.717) is 19.8 Å². The average Bonchev–Trinajstić information content (AvgIpc) is 2.71. The number of aromatic nitrogens is 3. The van der Waals surface area contributed by atoms with Crippen molar-refractivity contribution in [2.45, 2.75) is 25.0 Å². The van der Waals surface area contributed by atoms with Gasteiger partial charge in [0.15, 0.2) is 5.16 Å². The smallest absolute Gasteiger partial charge is 0.191 e. The van der Waals surface area contributed by atoms with Crippen molar-refractivity contribution in [2.75, 3.05) is 39.2 Å². The summed E-state index contributed by atoms with van der Waals surface area (Å²) in [6.07, 6.45) is 0.989. The fourth-order valence-corrected chi connectivity index (χ4v) is 2.35. The molecule has 0 aromatic carbocycles. The number of thioether (sulfide) groups is 1. The third-order valence-corrected chi connectivity index (χ3v) is 3.40. The van der Waals surface area contributed by atoms with Crippen molar-refractivity contribution in [3.8, 4) is 0 Å². The van der Waals surface area contributed by atoms with E-state index in [1.807, 2.05) is 6.92 Å². The fraction of sp³-hybridized carbons (Fsp3) is 0.818. The van der Waals surface area contributed by atoms with Crippen molar-refractivity contribution in [3.05, 3.63) is 5.82 Å². The largest absolute Gasteiger partial charge is 0.382 e. The van der Waals surface area contributed by atoms with Gasteiger partial charge in [-0.15, -0.1) is 10.2 Å². The Morgan fingerprint density at radius 1 is 1.28 bits per heavy atom. The molecule has 6 nitrogen and oxygen atoms in total. The van der Waals surface area contributed by atoms with E-state index < -0.39 is 0 Å². The maximum Gasteiger partial charge on any atom is 0.191 e. The van der Waals surface area contributed by atoms with E-state index in [0.717, 1.165) is 36.3 Å². The SMILES string of the molecule is COCCOCCCSc1nnc(C)n1CCN. The molecule has 2 N–H and O–H groups in total. The van der Waals surface area contributed by atoms with Crippen molar-refractivity contribution in [1.82, 2.24) is 14.8 Å². The molecule has 0 spiro atoms. The summed E-state index contributed by atoms with van der Waals surface area (Å²) in [4.78, 5) is 0. The van der Waals surface area contributed by atoms with Gasteiger partial charge >= 0.3 is 0 Å². The molecule has 0 aliphatic carbocycles. The number of hydrogen-bond acceptors (Lipinski definition) is 6. The van der Waals surface area contributed by atoms with E-state index in [9.17, 15) is 0 Å². The molecule has 0 saturated carbocycles. The minimum Gasteiger partial charge on any atom is -0.382 e. The summed E-state index contributed by atoms with van der Waals surface area (Å²) in [6.45, 7) is 5.37. The van der Waals surface area contributed by atoms with Gasteiger partial charge in [-0.1, -0.05) is 11.8 Å². The second-order valence-electron chi connectivity index (χ2n) is 3.78. The van der Waals surface area contributed by atoms with Crippen LogP contribution in [-0.2, 0) is 16.0 Å². The van der Waals surface area contributed by atoms with Gasteiger partial charge in [-0.3, -0.25) is 0 Å². The van der Waals surface area contributed by atoms with Crippen LogP contribution in [0.4, 0.5) is 0 Å². The molecule has 1 aromatic heterocycles. The van der Waals surface area contributed by atoms with Crippen LogP contribution in [-0.4, -0.2) is 54.0 Å². The van der Waals surface area contributed by atoms with Crippen molar-refractivity contribution < 1.29 is 9.47 Å². The van der Waals surface area contributed by atoms with Gasteiger partial charge in [-0.25, -0.2) is 0 Å². The van der Waals surface area contributed by atoms with Gasteiger partial charge < -0.3 is 19.8 Å². The molecule has 0 bridgehead atoms. The lowest BCUT2D eigenvalue weighted by Crippen LogP contribution is -2.12. The molecular formula is C11H22N4O2S. The highest BCUT2D eigenvalue weighted by molar-refractivity contribution is 7.99. The van der Waals surface area contributed by atoms with Crippen molar-refractivity contribution in [2.24, 2.45) is 5.73 Å². The molecular weight excluding hydrogens is 252 g/mol. The minimum atomic E-state index is 0.604. The summed E-state index contributed by atoms with van der Waals surface area (Å²) >= 11 is 1.69. The minimum absolute atomic E-state index is 0.604. The van der Waals surface area contributed by atoms with E-state index in [1.165, 1.54) is 0 Å². The molecule has 0 fully saturated rings. The average molecular weight is 274 g/mol. The first-order valence-electron chi connectivity index (χ1n) is 6.09. The number of ether oxygens (including phenoxy) is 2. The highest BCUT2D eigenvalue weighted by Gasteiger charge is 2.07. The summed E-state index contributed by atoms with van der Waals surface area (Å²) in [6, 6.07) is 0. The van der Waals surface area contributed by atoms with Crippen molar-refractivity contribution in [3.63, 3.8) is 0 Å². The second kappa shape index (κ2) is 9.32. The first-order chi connectivity index (χ1) is 8.79. The van der Waals surface area contributed by atoms with Crippen LogP contribution in [0.2, 0.25) is 0 Å². The van der Waals surface area contributed by atoms with E-state index >= 15 is 0 Å². The molecule has 0 aliphatic heterocycles. The Bertz CT molecular complexity index is 333. The summed E-state index contributed by atoms with van der Waals surface area (Å²) < 4.78 is 12.3. The van der Waals surface area contributed by atoms with Crippen molar-refractivity contribution in [1.29, 1.82) is 0 Å². The van der Waals surface area contributed by atoms with E-state index in [4.69, 9.17) is 15.2 Å². The zero-order valence-corrected chi connectivity index (χ0v) is 11.9. The number of aryl methyl sites for hydroxylation is 1. The predicted molar refractivity (Wildman–Crippen MR) is 71.8 cm³/mol. The lowest BCUT2D eigenvalue weighted by molar-refractivity contribution is 0.0713. The molecule has 18 heavy (non-hydrogen) atoms. The molecule has 7 heteroatoms. The maximum absolute atomic E-state index is 5.56. The number of hydrogen-bond donors (Lipinski definition) is 1. The first kappa shape index (κ1) is 15.4. The van der Waals surface area contributed by atoms with Gasteiger partial charge in [0.25, 0.3) is 0 Å². The summed E-state index contributed by atoms with van der Waals surface area (Å²) in [5, 5.41) is 9.14. The van der Waals surface area contributed by atoms with Crippen LogP contribution < -0.4 is 5.73 Å². The van der Waals surface area contributed by atoms with Gasteiger partial charge in [-0.2, -0.15) is 0 Å². The van der Waals surface area contributed by atoms with Crippen LogP contribution in [0.15, 0.2) is 5.16 Å². The molecule has 0 saturated heterocycles. The normalized spacial score (nSPS) is 11.1. The molecule has 0 aliphatic rings. The Morgan fingerprint density at radius 2 is 2.11 bits per heavy atom. The third-order valence-electron chi connectivity index (χ3n) is 2.35. The molecule has 0 radical (unpaired) electrons. The Labute approximate surface area is 112 Å². The van der Waals surface area contributed by atoms with Crippen LogP contribution in [0.1, 0.15) is 12.2 Å². The van der Waals surface area contributed by atoms with Crippen LogP contribution in [0.5, 0.6) is 0 Å². The topological polar surface area (TPSA) is 75.2 Å². The lowest BCUT2D eigenvalue weighted by Gasteiger charge is -2.06. The molecule has 1 aromatic rings. The summed E-state index contributed by atoms with van der Waals surface area (Å²) in [5.74, 6) is 1.88. The summed E-state index contributed by atoms with van der Waals surface area (Å²) in [5.41, 5.74) is 5.56. The third kappa shape index (κ3) is 5.34. The lowest BCUT2D eigenvalue weighted by atomic mass is 10.5. The number of nitrogens with two attached hydrogens (primary N) is 1. The van der Waals surface area contributed by atoms with Gasteiger partial charge in [-0.05, 0) is 13.3 Å². The Balaban J connectivity index is 2.18. The molecule has 0 atom stereocenters. The number of methoxy groups -OCH3 is 1. The van der Waals surface area contributed by atoms with Crippen LogP contribution in [0, 0.1) is 6.92 Å². The highest BCUT2D eigenvalue weighted by atomic mass is 32.2. The molecule has 0 amide bonds. The van der Waals surface area contributed by atoms with Crippen molar-refractivity contribution >= 4 is 11.8 Å². The first-order valence-corrected chi connectivity index (χ1v) is 7.07. The Kier molecular flexibility index (Phi) is 7.99. The van der Waals surface area contributed by atoms with E-state index in [-0.39, 0.29) is 0 Å². The zero-order valence-electron chi connectivity index (χ0n) is 11.1. The molecule has 1 heterocycles. The molecule has 0 unspecified atom stereocenters. The highest BCUT2D eigenvalue weighted by Crippen LogP contribution is 2.17. The maximum atomic E-state index is 5.56. The quantitative estimate of drug-likeness (QED) is 0.500. The number of nitrogens with zero attached hydrogens (tertiary/aromatic N) is 3. The van der Waals surface area contributed by atoms with E-state index in [2.05, 4.69) is 14.8 Å². The van der Waals surface area contributed by atoms with Crippen LogP contribution in [0.25, 0.3) is 0 Å². The summed E-state index contributed by atoms with van der Waals surface area (Å²) in [7, 11) is 1.67. The van der Waals surface area contributed by atoms with Crippen LogP contribution >= 0.6 is 11.8 Å². The Hall–Kier alpha value is -0.630. The zero-order chi connectivity index (χ0) is 13.2. The van der Waals surface area contributed by atoms with Crippen LogP contribution in [0.3, 0.4) is 0 Å². The monoisotopic (exact) mass is 274 g/mol. The van der Waals surface area contributed by atoms with Gasteiger partial charge in [0.1, 0.15) is 5.82 Å². The van der Waals surface area contributed by atoms with E-state index in [1.54, 1.807) is 18.9 Å². The number of rotatable bonds is 10. The van der Waals surface area contributed by atoms with Gasteiger partial charge in [0.2, 0.25) is 0 Å². The molecule has 104 valence electrons. The standard InChI is InChI=1S/C11H22N4O2S/c1-10-13-14-11(15(10)5-4-12)18-9-3-6-17-8-7-16-2/h3-9,12H2,1-2H3. The van der Waals surface area contributed by atoms with Gasteiger partial charge in [0, 0.05) is 32.6 Å². The van der Waals surface area contributed by atoms with Gasteiger partial charge in [0.05, 0.1) is 13.2 Å². The predicted octanol–water partition coefficient (Wildman–Crippen LogP) is 0.690. The molecule has 1 rings (SSSR count).